The van der Waals surface area contributed by atoms with Gasteiger partial charge >= 0.3 is 5.97 Å². The molecule has 0 aromatic heterocycles. The van der Waals surface area contributed by atoms with Crippen LogP contribution in [0.2, 0.25) is 0 Å². The number of hydrogen-bond acceptors (Lipinski definition) is 4. The predicted octanol–water partition coefficient (Wildman–Crippen LogP) is 3.73. The summed E-state index contributed by atoms with van der Waals surface area (Å²) < 4.78 is 6.03. The number of benzene rings is 2. The van der Waals surface area contributed by atoms with E-state index in [0.29, 0.717) is 23.1 Å². The zero-order valence-corrected chi connectivity index (χ0v) is 16.5. The second-order valence-electron chi connectivity index (χ2n) is 8.07. The average molecular weight is 380 g/mol. The Kier molecular flexibility index (Phi) is 5.51. The van der Waals surface area contributed by atoms with Crippen molar-refractivity contribution in [2.24, 2.45) is 5.92 Å². The minimum atomic E-state index is -1.39. The van der Waals surface area contributed by atoms with E-state index in [-0.39, 0.29) is 18.5 Å². The van der Waals surface area contributed by atoms with Crippen molar-refractivity contribution in [2.75, 3.05) is 13.1 Å². The molecule has 4 heteroatoms. The highest BCUT2D eigenvalue weighted by Gasteiger charge is 2.44. The molecule has 2 aromatic carbocycles. The fourth-order valence-electron chi connectivity index (χ4n) is 4.97. The van der Waals surface area contributed by atoms with Gasteiger partial charge in [0.15, 0.2) is 0 Å². The second kappa shape index (κ2) is 8.06. The van der Waals surface area contributed by atoms with Gasteiger partial charge in [0.1, 0.15) is 11.7 Å². The van der Waals surface area contributed by atoms with Crippen molar-refractivity contribution >= 4 is 5.97 Å². The van der Waals surface area contributed by atoms with Crippen molar-refractivity contribution in [3.05, 3.63) is 71.8 Å². The highest BCUT2D eigenvalue weighted by molar-refractivity contribution is 5.72. The summed E-state index contributed by atoms with van der Waals surface area (Å²) in [5.74, 6) is 0.118. The van der Waals surface area contributed by atoms with Gasteiger partial charge in [-0.15, -0.1) is 0 Å². The van der Waals surface area contributed by atoms with E-state index in [1.165, 1.54) is 0 Å². The van der Waals surface area contributed by atoms with Crippen LogP contribution in [0.3, 0.4) is 0 Å². The Morgan fingerprint density at radius 2 is 1.57 bits per heavy atom. The topological polar surface area (TPSA) is 49.8 Å². The summed E-state index contributed by atoms with van der Waals surface area (Å²) in [5, 5.41) is 11.6. The first-order valence-corrected chi connectivity index (χ1v) is 10.4. The van der Waals surface area contributed by atoms with Crippen LogP contribution in [0.1, 0.15) is 43.7 Å². The van der Waals surface area contributed by atoms with E-state index in [2.05, 4.69) is 11.8 Å². The highest BCUT2D eigenvalue weighted by Crippen LogP contribution is 2.38. The van der Waals surface area contributed by atoms with Crippen molar-refractivity contribution in [1.82, 2.24) is 4.90 Å². The van der Waals surface area contributed by atoms with Crippen LogP contribution in [0.5, 0.6) is 0 Å². The summed E-state index contributed by atoms with van der Waals surface area (Å²) in [4.78, 5) is 15.5. The maximum absolute atomic E-state index is 13.0. The monoisotopic (exact) mass is 379 g/mol. The molecule has 2 atom stereocenters. The molecule has 0 saturated carbocycles. The third-order valence-electron chi connectivity index (χ3n) is 6.48. The van der Waals surface area contributed by atoms with Crippen molar-refractivity contribution in [3.8, 4) is 0 Å². The Balaban J connectivity index is 1.56. The predicted molar refractivity (Wildman–Crippen MR) is 109 cm³/mol. The van der Waals surface area contributed by atoms with Crippen LogP contribution in [-0.4, -0.2) is 41.2 Å². The van der Waals surface area contributed by atoms with Gasteiger partial charge in [-0.3, -0.25) is 9.69 Å². The number of fused-ring (bicyclic) bond motifs is 3. The minimum Gasteiger partial charge on any atom is -0.460 e. The largest absolute Gasteiger partial charge is 0.460 e. The Bertz CT molecular complexity index is 745. The number of carbonyl (C=O) groups is 1. The molecule has 0 radical (unpaired) electrons. The molecular formula is C24H29NO3. The van der Waals surface area contributed by atoms with Crippen LogP contribution in [0.4, 0.5) is 0 Å². The molecule has 1 N–H and O–H groups in total. The Labute approximate surface area is 167 Å². The number of carbonyl (C=O) groups excluding carboxylic acids is 1. The summed E-state index contributed by atoms with van der Waals surface area (Å²) >= 11 is 0. The van der Waals surface area contributed by atoms with Gasteiger partial charge in [0, 0.05) is 6.04 Å². The van der Waals surface area contributed by atoms with Gasteiger partial charge in [0.25, 0.3) is 0 Å². The number of hydrogen-bond donors (Lipinski definition) is 1. The lowest BCUT2D eigenvalue weighted by Gasteiger charge is -2.50. The van der Waals surface area contributed by atoms with E-state index in [4.69, 9.17) is 4.74 Å². The Hall–Kier alpha value is -2.17. The first-order valence-electron chi connectivity index (χ1n) is 10.4. The lowest BCUT2D eigenvalue weighted by Crippen LogP contribution is -2.58. The molecule has 0 unspecified atom stereocenters. The standard InChI is InChI=1S/C24H29NO3/c1-2-21-23(18-13-15-25(21)16-14-18)28-22(26)17-24(27,19-9-5-3-6-10-19)20-11-7-4-8-12-20/h3-12,18,21,23,27H,2,13-17H2,1H3/t21-,23-/m0/s1. The van der Waals surface area contributed by atoms with Crippen LogP contribution >= 0.6 is 0 Å². The molecule has 2 aromatic rings. The molecular weight excluding hydrogens is 350 g/mol. The summed E-state index contributed by atoms with van der Waals surface area (Å²) in [6.45, 7) is 4.38. The maximum atomic E-state index is 13.0. The normalized spacial score (nSPS) is 26.8. The van der Waals surface area contributed by atoms with E-state index in [9.17, 15) is 9.90 Å². The summed E-state index contributed by atoms with van der Waals surface area (Å²) in [7, 11) is 0. The maximum Gasteiger partial charge on any atom is 0.309 e. The molecule has 0 amide bonds. The summed E-state index contributed by atoms with van der Waals surface area (Å²) in [5.41, 5.74) is 0.0214. The molecule has 4 nitrogen and oxygen atoms in total. The fraction of sp³-hybridized carbons (Fsp3) is 0.458. The number of piperidine rings is 3. The molecule has 3 saturated heterocycles. The minimum absolute atomic E-state index is 0.0594. The molecule has 3 aliphatic heterocycles. The van der Waals surface area contributed by atoms with E-state index in [1.807, 2.05) is 60.7 Å². The van der Waals surface area contributed by atoms with Gasteiger partial charge in [-0.25, -0.2) is 0 Å². The van der Waals surface area contributed by atoms with Gasteiger partial charge in [-0.2, -0.15) is 0 Å². The van der Waals surface area contributed by atoms with Crippen LogP contribution < -0.4 is 0 Å². The Morgan fingerprint density at radius 3 is 2.07 bits per heavy atom. The molecule has 3 aliphatic rings. The molecule has 2 bridgehead atoms. The zero-order chi connectivity index (χ0) is 19.6. The highest BCUT2D eigenvalue weighted by atomic mass is 16.5. The fourth-order valence-corrected chi connectivity index (χ4v) is 4.97. The number of nitrogens with zero attached hydrogens (tertiary/aromatic N) is 1. The van der Waals surface area contributed by atoms with Gasteiger partial charge in [-0.1, -0.05) is 67.6 Å². The van der Waals surface area contributed by atoms with Crippen LogP contribution in [0, 0.1) is 5.92 Å². The van der Waals surface area contributed by atoms with Crippen LogP contribution in [0.25, 0.3) is 0 Å². The lowest BCUT2D eigenvalue weighted by molar-refractivity contribution is -0.170. The average Bonchev–Trinajstić information content (AvgIpc) is 2.75. The van der Waals surface area contributed by atoms with Gasteiger partial charge in [0.05, 0.1) is 6.42 Å². The number of ether oxygens (including phenoxy) is 1. The molecule has 5 rings (SSSR count). The van der Waals surface area contributed by atoms with Crippen molar-refractivity contribution in [3.63, 3.8) is 0 Å². The van der Waals surface area contributed by atoms with E-state index < -0.39 is 5.60 Å². The third kappa shape index (κ3) is 3.59. The first kappa shape index (κ1) is 19.2. The Morgan fingerprint density at radius 1 is 1.04 bits per heavy atom. The van der Waals surface area contributed by atoms with Crippen LogP contribution in [-0.2, 0) is 15.1 Å². The quantitative estimate of drug-likeness (QED) is 0.777. The van der Waals surface area contributed by atoms with Gasteiger partial charge in [0.2, 0.25) is 0 Å². The summed E-state index contributed by atoms with van der Waals surface area (Å²) in [6.07, 6.45) is 3.03. The third-order valence-corrected chi connectivity index (χ3v) is 6.48. The number of esters is 1. The van der Waals surface area contributed by atoms with E-state index in [1.54, 1.807) is 0 Å². The van der Waals surface area contributed by atoms with Gasteiger partial charge in [-0.05, 0) is 49.4 Å². The van der Waals surface area contributed by atoms with Crippen molar-refractivity contribution in [1.29, 1.82) is 0 Å². The molecule has 3 heterocycles. The molecule has 3 fully saturated rings. The SMILES string of the molecule is CC[C@H]1[C@@H](OC(=O)CC(O)(c2ccccc2)c2ccccc2)C2CCN1CC2. The van der Waals surface area contributed by atoms with Crippen molar-refractivity contribution < 1.29 is 14.6 Å². The lowest BCUT2D eigenvalue weighted by atomic mass is 9.79. The second-order valence-corrected chi connectivity index (χ2v) is 8.07. The van der Waals surface area contributed by atoms with Gasteiger partial charge < -0.3 is 9.84 Å². The summed E-state index contributed by atoms with van der Waals surface area (Å²) in [6, 6.07) is 19.1. The van der Waals surface area contributed by atoms with Crippen LogP contribution in [0.15, 0.2) is 60.7 Å². The number of rotatable bonds is 6. The molecule has 0 spiro atoms. The van der Waals surface area contributed by atoms with E-state index in [0.717, 1.165) is 32.4 Å². The first-order chi connectivity index (χ1) is 13.6. The van der Waals surface area contributed by atoms with Crippen molar-refractivity contribution in [2.45, 2.75) is 50.4 Å². The molecule has 28 heavy (non-hydrogen) atoms. The number of aliphatic hydroxyl groups is 1. The molecule has 148 valence electrons. The van der Waals surface area contributed by atoms with E-state index >= 15 is 0 Å². The smallest absolute Gasteiger partial charge is 0.309 e. The molecule has 0 aliphatic carbocycles. The zero-order valence-electron chi connectivity index (χ0n) is 16.5.